The molecule has 0 fully saturated rings. The monoisotopic (exact) mass is 507 g/mol. The summed E-state index contributed by atoms with van der Waals surface area (Å²) < 4.78 is 11.7. The molecule has 0 saturated heterocycles. The van der Waals surface area contributed by atoms with Crippen LogP contribution in [-0.4, -0.2) is 24.3 Å². The third kappa shape index (κ3) is 9.02. The summed E-state index contributed by atoms with van der Waals surface area (Å²) in [7, 11) is 0. The Hall–Kier alpha value is -4.22. The largest absolute Gasteiger partial charge is 0.457 e. The second-order valence-electron chi connectivity index (χ2n) is 9.16. The minimum absolute atomic E-state index is 0.0915. The van der Waals surface area contributed by atoms with Gasteiger partial charge in [0.25, 0.3) is 0 Å². The van der Waals surface area contributed by atoms with Crippen molar-refractivity contribution in [2.24, 2.45) is 0 Å². The van der Waals surface area contributed by atoms with E-state index in [1.165, 1.54) is 5.56 Å². The van der Waals surface area contributed by atoms with E-state index in [1.54, 1.807) is 0 Å². The van der Waals surface area contributed by atoms with Crippen LogP contribution in [0.5, 0.6) is 11.5 Å². The van der Waals surface area contributed by atoms with Crippen molar-refractivity contribution >= 4 is 11.7 Å². The molecule has 5 heteroatoms. The molecule has 0 radical (unpaired) electrons. The van der Waals surface area contributed by atoms with E-state index < -0.39 is 6.04 Å². The van der Waals surface area contributed by atoms with Gasteiger partial charge in [0.1, 0.15) is 17.5 Å². The molecule has 0 aliphatic carbocycles. The van der Waals surface area contributed by atoms with Crippen molar-refractivity contribution in [3.05, 3.63) is 132 Å². The van der Waals surface area contributed by atoms with Gasteiger partial charge in [-0.25, -0.2) is 0 Å². The van der Waals surface area contributed by atoms with E-state index in [-0.39, 0.29) is 24.7 Å². The van der Waals surface area contributed by atoms with E-state index in [9.17, 15) is 9.59 Å². The van der Waals surface area contributed by atoms with E-state index >= 15 is 0 Å². The molecule has 4 aromatic rings. The number of para-hydroxylation sites is 1. The summed E-state index contributed by atoms with van der Waals surface area (Å²) >= 11 is 0. The molecule has 0 aromatic heterocycles. The highest BCUT2D eigenvalue weighted by atomic mass is 16.5. The molecular formula is C33H33NO4. The van der Waals surface area contributed by atoms with Gasteiger partial charge in [0, 0.05) is 12.8 Å². The summed E-state index contributed by atoms with van der Waals surface area (Å²) in [4.78, 5) is 26.0. The normalized spacial score (nSPS) is 11.5. The Morgan fingerprint density at radius 2 is 1.24 bits per heavy atom. The number of Topliss-reactive ketones (excluding diaryl/α,β-unsaturated/α-hetero) is 1. The predicted octanol–water partition coefficient (Wildman–Crippen LogP) is 6.32. The van der Waals surface area contributed by atoms with E-state index in [0.717, 1.165) is 23.3 Å². The van der Waals surface area contributed by atoms with Gasteiger partial charge < -0.3 is 14.8 Å². The molecule has 1 unspecified atom stereocenters. The van der Waals surface area contributed by atoms with Gasteiger partial charge in [-0.3, -0.25) is 9.59 Å². The van der Waals surface area contributed by atoms with Gasteiger partial charge in [0.05, 0.1) is 13.2 Å². The van der Waals surface area contributed by atoms with Gasteiger partial charge >= 0.3 is 0 Å². The second kappa shape index (κ2) is 14.5. The second-order valence-corrected chi connectivity index (χ2v) is 9.16. The number of ether oxygens (including phenoxy) is 2. The van der Waals surface area contributed by atoms with Gasteiger partial charge in [0.2, 0.25) is 5.91 Å². The zero-order valence-electron chi connectivity index (χ0n) is 21.4. The van der Waals surface area contributed by atoms with Crippen molar-refractivity contribution in [2.45, 2.75) is 38.3 Å². The fourth-order valence-corrected chi connectivity index (χ4v) is 4.07. The van der Waals surface area contributed by atoms with Crippen molar-refractivity contribution in [3.8, 4) is 11.5 Å². The average molecular weight is 508 g/mol. The first kappa shape index (κ1) is 26.8. The van der Waals surface area contributed by atoms with Crippen LogP contribution in [0, 0.1) is 0 Å². The lowest BCUT2D eigenvalue weighted by Crippen LogP contribution is -2.44. The first-order chi connectivity index (χ1) is 18.7. The molecule has 4 rings (SSSR count). The zero-order chi connectivity index (χ0) is 26.4. The molecule has 0 aliphatic heterocycles. The van der Waals surface area contributed by atoms with Crippen LogP contribution in [-0.2, 0) is 33.8 Å². The highest BCUT2D eigenvalue weighted by molar-refractivity contribution is 5.90. The maximum Gasteiger partial charge on any atom is 0.220 e. The Bertz CT molecular complexity index is 1260. The van der Waals surface area contributed by atoms with Crippen molar-refractivity contribution in [1.82, 2.24) is 5.32 Å². The molecule has 0 heterocycles. The SMILES string of the molecule is O=C(CCCc1ccccc1)NC(COCc1ccccc1)C(=O)Cc1ccc(Oc2ccccc2)cc1. The third-order valence-electron chi connectivity index (χ3n) is 6.11. The molecule has 0 spiro atoms. The Morgan fingerprint density at radius 3 is 1.89 bits per heavy atom. The summed E-state index contributed by atoms with van der Waals surface area (Å²) in [5.74, 6) is 1.21. The molecule has 0 bridgehead atoms. The number of amides is 1. The maximum absolute atomic E-state index is 13.2. The molecular weight excluding hydrogens is 474 g/mol. The lowest BCUT2D eigenvalue weighted by atomic mass is 10.0. The minimum atomic E-state index is -0.719. The Morgan fingerprint density at radius 1 is 0.658 bits per heavy atom. The van der Waals surface area contributed by atoms with Crippen LogP contribution in [0.1, 0.15) is 29.5 Å². The van der Waals surface area contributed by atoms with E-state index in [4.69, 9.17) is 9.47 Å². The van der Waals surface area contributed by atoms with Crippen LogP contribution in [0.2, 0.25) is 0 Å². The van der Waals surface area contributed by atoms with Crippen LogP contribution >= 0.6 is 0 Å². The lowest BCUT2D eigenvalue weighted by molar-refractivity contribution is -0.129. The zero-order valence-corrected chi connectivity index (χ0v) is 21.4. The smallest absolute Gasteiger partial charge is 0.220 e. The highest BCUT2D eigenvalue weighted by Gasteiger charge is 2.21. The molecule has 1 N–H and O–H groups in total. The molecule has 0 aliphatic rings. The number of hydrogen-bond acceptors (Lipinski definition) is 4. The Balaban J connectivity index is 1.32. The number of carbonyl (C=O) groups excluding carboxylic acids is 2. The molecule has 1 atom stereocenters. The van der Waals surface area contributed by atoms with E-state index in [2.05, 4.69) is 17.4 Å². The fraction of sp³-hybridized carbons (Fsp3) is 0.212. The standard InChI is InChI=1S/C33H33NO4/c35-32(23-27-19-21-30(22-20-27)38-29-16-8-3-9-17-29)31(25-37-24-28-13-6-2-7-14-28)34-33(36)18-10-15-26-11-4-1-5-12-26/h1-9,11-14,16-17,19-22,31H,10,15,18,23-25H2,(H,34,36). The van der Waals surface area contributed by atoms with Crippen molar-refractivity contribution < 1.29 is 19.1 Å². The van der Waals surface area contributed by atoms with Crippen molar-refractivity contribution in [1.29, 1.82) is 0 Å². The topological polar surface area (TPSA) is 64.6 Å². The Labute approximate surface area is 224 Å². The predicted molar refractivity (Wildman–Crippen MR) is 149 cm³/mol. The molecule has 194 valence electrons. The summed E-state index contributed by atoms with van der Waals surface area (Å²) in [6, 6.07) is 36.1. The molecule has 5 nitrogen and oxygen atoms in total. The summed E-state index contributed by atoms with van der Waals surface area (Å²) in [5, 5.41) is 2.92. The van der Waals surface area contributed by atoms with E-state index in [1.807, 2.05) is 103 Å². The summed E-state index contributed by atoms with van der Waals surface area (Å²) in [6.07, 6.45) is 2.07. The van der Waals surface area contributed by atoms with Crippen LogP contribution in [0.3, 0.4) is 0 Å². The van der Waals surface area contributed by atoms with Crippen LogP contribution < -0.4 is 10.1 Å². The molecule has 4 aromatic carbocycles. The number of benzene rings is 4. The summed E-state index contributed by atoms with van der Waals surface area (Å²) in [5.41, 5.74) is 3.06. The van der Waals surface area contributed by atoms with Gasteiger partial charge in [-0.2, -0.15) is 0 Å². The third-order valence-corrected chi connectivity index (χ3v) is 6.11. The van der Waals surface area contributed by atoms with Gasteiger partial charge in [0.15, 0.2) is 5.78 Å². The number of carbonyl (C=O) groups is 2. The maximum atomic E-state index is 13.2. The number of hydrogen-bond donors (Lipinski definition) is 1. The first-order valence-electron chi connectivity index (χ1n) is 13.0. The van der Waals surface area contributed by atoms with Crippen molar-refractivity contribution in [3.63, 3.8) is 0 Å². The fourth-order valence-electron chi connectivity index (χ4n) is 4.07. The quantitative estimate of drug-likeness (QED) is 0.217. The number of aryl methyl sites for hydroxylation is 1. The minimum Gasteiger partial charge on any atom is -0.457 e. The average Bonchev–Trinajstić information content (AvgIpc) is 2.95. The Kier molecular flexibility index (Phi) is 10.2. The molecule has 1 amide bonds. The van der Waals surface area contributed by atoms with Crippen LogP contribution in [0.25, 0.3) is 0 Å². The van der Waals surface area contributed by atoms with Gasteiger partial charge in [-0.1, -0.05) is 91.0 Å². The van der Waals surface area contributed by atoms with Crippen LogP contribution in [0.4, 0.5) is 0 Å². The van der Waals surface area contributed by atoms with E-state index in [0.29, 0.717) is 25.2 Å². The lowest BCUT2D eigenvalue weighted by Gasteiger charge is -2.18. The number of ketones is 1. The van der Waals surface area contributed by atoms with Crippen molar-refractivity contribution in [2.75, 3.05) is 6.61 Å². The summed E-state index contributed by atoms with van der Waals surface area (Å²) in [6.45, 7) is 0.493. The first-order valence-corrected chi connectivity index (χ1v) is 13.0. The molecule has 38 heavy (non-hydrogen) atoms. The van der Waals surface area contributed by atoms with Crippen LogP contribution in [0.15, 0.2) is 115 Å². The van der Waals surface area contributed by atoms with Gasteiger partial charge in [-0.15, -0.1) is 0 Å². The number of rotatable bonds is 14. The van der Waals surface area contributed by atoms with Gasteiger partial charge in [-0.05, 0) is 53.8 Å². The number of nitrogens with one attached hydrogen (secondary N) is 1. The highest BCUT2D eigenvalue weighted by Crippen LogP contribution is 2.21. The molecule has 0 saturated carbocycles.